The van der Waals surface area contributed by atoms with E-state index in [-0.39, 0.29) is 18.4 Å². The van der Waals surface area contributed by atoms with Crippen molar-refractivity contribution >= 4 is 33.3 Å². The SMILES string of the molecule is Cc1ccc2c(C(=O)N3C[C@H]4COCC[C@@]4(C(=O)O)C3)csc2c1. The summed E-state index contributed by atoms with van der Waals surface area (Å²) in [5.74, 6) is -1.00. The number of hydrogen-bond acceptors (Lipinski definition) is 4. The molecule has 2 saturated heterocycles. The number of nitrogens with zero attached hydrogens (tertiary/aromatic N) is 1. The van der Waals surface area contributed by atoms with E-state index >= 15 is 0 Å². The molecule has 0 bridgehead atoms. The van der Waals surface area contributed by atoms with Gasteiger partial charge in [-0.2, -0.15) is 0 Å². The predicted molar refractivity (Wildman–Crippen MR) is 91.5 cm³/mol. The fraction of sp³-hybridized carbons (Fsp3) is 0.444. The average Bonchev–Trinajstić information content (AvgIpc) is 3.15. The largest absolute Gasteiger partial charge is 0.481 e. The number of thiophene rings is 1. The molecule has 0 unspecified atom stereocenters. The summed E-state index contributed by atoms with van der Waals surface area (Å²) in [6.45, 7) is 3.63. The lowest BCUT2D eigenvalue weighted by atomic mass is 9.74. The average molecular weight is 345 g/mol. The van der Waals surface area contributed by atoms with Crippen LogP contribution in [0.2, 0.25) is 0 Å². The molecule has 0 saturated carbocycles. The minimum Gasteiger partial charge on any atom is -0.481 e. The van der Waals surface area contributed by atoms with E-state index in [9.17, 15) is 14.7 Å². The van der Waals surface area contributed by atoms with Gasteiger partial charge in [0, 0.05) is 41.1 Å². The van der Waals surface area contributed by atoms with Crippen LogP contribution in [-0.2, 0) is 9.53 Å². The van der Waals surface area contributed by atoms with Gasteiger partial charge in [-0.1, -0.05) is 12.1 Å². The van der Waals surface area contributed by atoms with E-state index in [1.807, 2.05) is 24.4 Å². The quantitative estimate of drug-likeness (QED) is 0.909. The summed E-state index contributed by atoms with van der Waals surface area (Å²) >= 11 is 1.56. The Kier molecular flexibility index (Phi) is 3.62. The van der Waals surface area contributed by atoms with E-state index in [2.05, 4.69) is 6.07 Å². The molecular weight excluding hydrogens is 326 g/mol. The second-order valence-electron chi connectivity index (χ2n) is 6.82. The van der Waals surface area contributed by atoms with Gasteiger partial charge in [0.2, 0.25) is 0 Å². The summed E-state index contributed by atoms with van der Waals surface area (Å²) in [4.78, 5) is 26.6. The van der Waals surface area contributed by atoms with Gasteiger partial charge in [-0.3, -0.25) is 9.59 Å². The van der Waals surface area contributed by atoms with Crippen LogP contribution in [-0.4, -0.2) is 48.2 Å². The van der Waals surface area contributed by atoms with Crippen molar-refractivity contribution in [1.82, 2.24) is 4.90 Å². The van der Waals surface area contributed by atoms with Crippen LogP contribution in [0.15, 0.2) is 23.6 Å². The number of carbonyl (C=O) groups excluding carboxylic acids is 1. The summed E-state index contributed by atoms with van der Waals surface area (Å²) in [5.41, 5.74) is 0.990. The van der Waals surface area contributed by atoms with Crippen LogP contribution in [0.25, 0.3) is 10.1 Å². The van der Waals surface area contributed by atoms with Crippen molar-refractivity contribution in [3.8, 4) is 0 Å². The number of carboxylic acids is 1. The molecule has 1 aromatic heterocycles. The summed E-state index contributed by atoms with van der Waals surface area (Å²) in [6.07, 6.45) is 0.473. The molecule has 5 nitrogen and oxygen atoms in total. The Morgan fingerprint density at radius 2 is 2.25 bits per heavy atom. The van der Waals surface area contributed by atoms with E-state index < -0.39 is 11.4 Å². The van der Waals surface area contributed by atoms with E-state index in [0.717, 1.165) is 15.6 Å². The molecule has 3 heterocycles. The smallest absolute Gasteiger partial charge is 0.311 e. The molecule has 126 valence electrons. The van der Waals surface area contributed by atoms with Gasteiger partial charge < -0.3 is 14.7 Å². The summed E-state index contributed by atoms with van der Waals surface area (Å²) in [5, 5.41) is 12.6. The molecule has 2 fully saturated rings. The molecule has 4 rings (SSSR count). The molecule has 1 N–H and O–H groups in total. The van der Waals surface area contributed by atoms with Crippen LogP contribution in [0, 0.1) is 18.3 Å². The number of carbonyl (C=O) groups is 2. The molecule has 2 atom stereocenters. The van der Waals surface area contributed by atoms with Crippen molar-refractivity contribution < 1.29 is 19.4 Å². The Morgan fingerprint density at radius 1 is 1.42 bits per heavy atom. The summed E-state index contributed by atoms with van der Waals surface area (Å²) in [7, 11) is 0. The number of aliphatic carboxylic acids is 1. The lowest BCUT2D eigenvalue weighted by Crippen LogP contribution is -2.45. The molecule has 1 aromatic carbocycles. The highest BCUT2D eigenvalue weighted by Gasteiger charge is 2.55. The van der Waals surface area contributed by atoms with Crippen LogP contribution in [0.4, 0.5) is 0 Å². The molecule has 2 aliphatic rings. The summed E-state index contributed by atoms with van der Waals surface area (Å²) in [6, 6.07) is 6.06. The first-order valence-electron chi connectivity index (χ1n) is 8.09. The van der Waals surface area contributed by atoms with Crippen molar-refractivity contribution in [2.75, 3.05) is 26.3 Å². The first-order valence-corrected chi connectivity index (χ1v) is 8.97. The van der Waals surface area contributed by atoms with Crippen molar-refractivity contribution in [2.45, 2.75) is 13.3 Å². The highest BCUT2D eigenvalue weighted by atomic mass is 32.1. The maximum Gasteiger partial charge on any atom is 0.311 e. The van der Waals surface area contributed by atoms with Crippen molar-refractivity contribution in [2.24, 2.45) is 11.3 Å². The van der Waals surface area contributed by atoms with Gasteiger partial charge >= 0.3 is 5.97 Å². The van der Waals surface area contributed by atoms with Gasteiger partial charge in [0.05, 0.1) is 17.6 Å². The number of likely N-dealkylation sites (tertiary alicyclic amines) is 1. The van der Waals surface area contributed by atoms with E-state index in [4.69, 9.17) is 4.74 Å². The predicted octanol–water partition coefficient (Wildman–Crippen LogP) is 2.77. The number of hydrogen-bond donors (Lipinski definition) is 1. The number of fused-ring (bicyclic) bond motifs is 2. The molecule has 1 amide bonds. The molecule has 6 heteroatoms. The van der Waals surface area contributed by atoms with Gasteiger partial charge in [0.25, 0.3) is 5.91 Å². The van der Waals surface area contributed by atoms with Gasteiger partial charge in [-0.25, -0.2) is 0 Å². The Bertz CT molecular complexity index is 830. The van der Waals surface area contributed by atoms with Crippen LogP contribution < -0.4 is 0 Å². The number of amides is 1. The third kappa shape index (κ3) is 2.24. The maximum absolute atomic E-state index is 13.0. The third-order valence-corrected chi connectivity index (χ3v) is 6.33. The number of ether oxygens (including phenoxy) is 1. The summed E-state index contributed by atoms with van der Waals surface area (Å²) < 4.78 is 6.55. The topological polar surface area (TPSA) is 66.8 Å². The molecule has 0 radical (unpaired) electrons. The molecule has 0 aliphatic carbocycles. The van der Waals surface area contributed by atoms with Gasteiger partial charge in [-0.05, 0) is 25.0 Å². The Balaban J connectivity index is 1.66. The lowest BCUT2D eigenvalue weighted by Gasteiger charge is -2.33. The monoisotopic (exact) mass is 345 g/mol. The first-order chi connectivity index (χ1) is 11.5. The Hall–Kier alpha value is -1.92. The number of aryl methyl sites for hydroxylation is 1. The molecule has 2 aromatic rings. The standard InChI is InChI=1S/C18H19NO4S/c1-11-2-3-13-14(9-24-15(13)6-11)16(20)19-7-12-8-23-5-4-18(12,10-19)17(21)22/h2-3,6,9,12H,4-5,7-8,10H2,1H3,(H,21,22)/t12-,18+/m0/s1. The maximum atomic E-state index is 13.0. The zero-order valence-electron chi connectivity index (χ0n) is 13.4. The second kappa shape index (κ2) is 5.57. The minimum atomic E-state index is -0.851. The molecule has 0 spiro atoms. The third-order valence-electron chi connectivity index (χ3n) is 5.38. The van der Waals surface area contributed by atoms with Crippen molar-refractivity contribution in [3.63, 3.8) is 0 Å². The van der Waals surface area contributed by atoms with E-state index in [0.29, 0.717) is 31.7 Å². The molecule has 24 heavy (non-hydrogen) atoms. The molecular formula is C18H19NO4S. The number of carboxylic acid groups (broad SMARTS) is 1. The van der Waals surface area contributed by atoms with E-state index in [1.165, 1.54) is 0 Å². The van der Waals surface area contributed by atoms with Gasteiger partial charge in [-0.15, -0.1) is 11.3 Å². The first kappa shape index (κ1) is 15.6. The zero-order valence-corrected chi connectivity index (χ0v) is 14.3. The van der Waals surface area contributed by atoms with Crippen molar-refractivity contribution in [3.05, 3.63) is 34.7 Å². The highest BCUT2D eigenvalue weighted by molar-refractivity contribution is 7.17. The Morgan fingerprint density at radius 3 is 3.00 bits per heavy atom. The highest BCUT2D eigenvalue weighted by Crippen LogP contribution is 2.43. The van der Waals surface area contributed by atoms with Crippen LogP contribution in [0.3, 0.4) is 0 Å². The van der Waals surface area contributed by atoms with E-state index in [1.54, 1.807) is 16.2 Å². The van der Waals surface area contributed by atoms with Gasteiger partial charge in [0.1, 0.15) is 0 Å². The number of benzene rings is 1. The fourth-order valence-electron chi connectivity index (χ4n) is 3.93. The Labute approximate surface area is 143 Å². The lowest BCUT2D eigenvalue weighted by molar-refractivity contribution is -0.157. The van der Waals surface area contributed by atoms with Crippen LogP contribution in [0.5, 0.6) is 0 Å². The zero-order chi connectivity index (χ0) is 16.9. The minimum absolute atomic E-state index is 0.0693. The second-order valence-corrected chi connectivity index (χ2v) is 7.73. The van der Waals surface area contributed by atoms with Crippen LogP contribution in [0.1, 0.15) is 22.3 Å². The molecule has 2 aliphatic heterocycles. The van der Waals surface area contributed by atoms with Gasteiger partial charge in [0.15, 0.2) is 0 Å². The van der Waals surface area contributed by atoms with Crippen molar-refractivity contribution in [1.29, 1.82) is 0 Å². The normalized spacial score (nSPS) is 26.5. The number of rotatable bonds is 2. The fourth-order valence-corrected chi connectivity index (χ4v) is 4.96. The van der Waals surface area contributed by atoms with Crippen LogP contribution >= 0.6 is 11.3 Å².